The van der Waals surface area contributed by atoms with Crippen LogP contribution in [0.5, 0.6) is 0 Å². The first-order chi connectivity index (χ1) is 5.42. The molecular formula is C8H12N2O. The molecule has 0 atom stereocenters. The minimum absolute atomic E-state index is 0.221. The molecule has 2 rings (SSSR count). The van der Waals surface area contributed by atoms with E-state index in [1.807, 2.05) is 12.5 Å². The molecule has 3 heteroatoms. The number of aliphatic hydroxyl groups excluding tert-OH is 1. The van der Waals surface area contributed by atoms with Crippen LogP contribution in [0.1, 0.15) is 24.6 Å². The Morgan fingerprint density at radius 2 is 2.45 bits per heavy atom. The van der Waals surface area contributed by atoms with E-state index in [9.17, 15) is 0 Å². The van der Waals surface area contributed by atoms with Crippen LogP contribution in [0.3, 0.4) is 0 Å². The van der Waals surface area contributed by atoms with Crippen molar-refractivity contribution in [3.63, 3.8) is 0 Å². The van der Waals surface area contributed by atoms with Gasteiger partial charge in [0.05, 0.1) is 6.33 Å². The fraction of sp³-hybridized carbons (Fsp3) is 0.625. The number of aromatic nitrogens is 2. The predicted octanol–water partition coefficient (Wildman–Crippen LogP) is 0.753. The maximum absolute atomic E-state index is 8.72. The molecule has 1 aromatic rings. The molecule has 0 unspecified atom stereocenters. The second-order valence-corrected chi connectivity index (χ2v) is 3.00. The highest BCUT2D eigenvalue weighted by Crippen LogP contribution is 2.35. The van der Waals surface area contributed by atoms with Crippen LogP contribution >= 0.6 is 0 Å². The summed E-state index contributed by atoms with van der Waals surface area (Å²) in [6.45, 7) is 0.221. The molecule has 1 aliphatic carbocycles. The molecule has 3 nitrogen and oxygen atoms in total. The van der Waals surface area contributed by atoms with Crippen molar-refractivity contribution in [3.05, 3.63) is 18.2 Å². The first-order valence-electron chi connectivity index (χ1n) is 4.03. The molecule has 1 N–H and O–H groups in total. The lowest BCUT2D eigenvalue weighted by molar-refractivity contribution is 0.296. The second kappa shape index (κ2) is 2.66. The number of rotatable bonds is 3. The van der Waals surface area contributed by atoms with Gasteiger partial charge in [-0.05, 0) is 12.8 Å². The summed E-state index contributed by atoms with van der Waals surface area (Å²) in [5.41, 5.74) is 1.16. The average Bonchev–Trinajstić information content (AvgIpc) is 2.75. The average molecular weight is 152 g/mol. The summed E-state index contributed by atoms with van der Waals surface area (Å²) in [5, 5.41) is 8.72. The monoisotopic (exact) mass is 152 g/mol. The molecule has 0 aliphatic heterocycles. The van der Waals surface area contributed by atoms with Crippen LogP contribution in [0.2, 0.25) is 0 Å². The topological polar surface area (TPSA) is 38.1 Å². The van der Waals surface area contributed by atoms with Crippen molar-refractivity contribution in [2.75, 3.05) is 6.61 Å². The van der Waals surface area contributed by atoms with Gasteiger partial charge in [-0.15, -0.1) is 0 Å². The van der Waals surface area contributed by atoms with E-state index in [2.05, 4.69) is 9.55 Å². The molecule has 0 bridgehead atoms. The number of nitrogens with zero attached hydrogens (tertiary/aromatic N) is 2. The van der Waals surface area contributed by atoms with Crippen molar-refractivity contribution in [2.24, 2.45) is 0 Å². The molecule has 1 aliphatic rings. The first kappa shape index (κ1) is 6.85. The molecule has 1 aromatic heterocycles. The summed E-state index contributed by atoms with van der Waals surface area (Å²) in [6.07, 6.45) is 6.98. The lowest BCUT2D eigenvalue weighted by Gasteiger charge is -2.03. The summed E-state index contributed by atoms with van der Waals surface area (Å²) < 4.78 is 2.18. The molecule has 0 aromatic carbocycles. The van der Waals surface area contributed by atoms with Gasteiger partial charge in [-0.1, -0.05) is 0 Å². The Morgan fingerprint density at radius 3 is 3.09 bits per heavy atom. The van der Waals surface area contributed by atoms with E-state index < -0.39 is 0 Å². The summed E-state index contributed by atoms with van der Waals surface area (Å²) in [5.74, 6) is 0. The highest BCUT2D eigenvalue weighted by molar-refractivity contribution is 5.03. The summed E-state index contributed by atoms with van der Waals surface area (Å²) in [6, 6.07) is 0.680. The summed E-state index contributed by atoms with van der Waals surface area (Å²) in [7, 11) is 0. The molecule has 0 spiro atoms. The molecule has 0 radical (unpaired) electrons. The van der Waals surface area contributed by atoms with Gasteiger partial charge in [-0.3, -0.25) is 0 Å². The van der Waals surface area contributed by atoms with E-state index in [0.29, 0.717) is 6.04 Å². The lowest BCUT2D eigenvalue weighted by atomic mass is 10.3. The SMILES string of the molecule is OCCc1cncn1C1CC1. The Labute approximate surface area is 65.7 Å². The van der Waals surface area contributed by atoms with E-state index in [4.69, 9.17) is 5.11 Å². The summed E-state index contributed by atoms with van der Waals surface area (Å²) in [4.78, 5) is 4.05. The minimum Gasteiger partial charge on any atom is -0.396 e. The van der Waals surface area contributed by atoms with Gasteiger partial charge in [-0.2, -0.15) is 0 Å². The zero-order chi connectivity index (χ0) is 7.68. The Balaban J connectivity index is 2.16. The molecule has 0 saturated heterocycles. The molecule has 11 heavy (non-hydrogen) atoms. The van der Waals surface area contributed by atoms with Gasteiger partial charge in [0.15, 0.2) is 0 Å². The second-order valence-electron chi connectivity index (χ2n) is 3.00. The summed E-state index contributed by atoms with van der Waals surface area (Å²) >= 11 is 0. The van der Waals surface area contributed by atoms with Crippen LogP contribution in [0, 0.1) is 0 Å². The largest absolute Gasteiger partial charge is 0.396 e. The van der Waals surface area contributed by atoms with Crippen molar-refractivity contribution in [1.29, 1.82) is 0 Å². The molecule has 1 fully saturated rings. The van der Waals surface area contributed by atoms with Crippen LogP contribution in [0.4, 0.5) is 0 Å². The Morgan fingerprint density at radius 1 is 1.64 bits per heavy atom. The zero-order valence-corrected chi connectivity index (χ0v) is 6.40. The van der Waals surface area contributed by atoms with Gasteiger partial charge >= 0.3 is 0 Å². The molecule has 0 amide bonds. The normalized spacial score (nSPS) is 17.2. The first-order valence-corrected chi connectivity index (χ1v) is 4.03. The number of imidazole rings is 1. The van der Waals surface area contributed by atoms with E-state index in [1.165, 1.54) is 12.8 Å². The van der Waals surface area contributed by atoms with Crippen LogP contribution in [0.25, 0.3) is 0 Å². The van der Waals surface area contributed by atoms with Gasteiger partial charge in [-0.25, -0.2) is 4.98 Å². The van der Waals surface area contributed by atoms with Crippen molar-refractivity contribution >= 4 is 0 Å². The van der Waals surface area contributed by atoms with Gasteiger partial charge in [0.2, 0.25) is 0 Å². The van der Waals surface area contributed by atoms with Gasteiger partial charge in [0.25, 0.3) is 0 Å². The van der Waals surface area contributed by atoms with Crippen LogP contribution in [-0.2, 0) is 6.42 Å². The maximum Gasteiger partial charge on any atom is 0.0950 e. The van der Waals surface area contributed by atoms with Crippen LogP contribution in [0.15, 0.2) is 12.5 Å². The fourth-order valence-corrected chi connectivity index (χ4v) is 1.32. The number of hydrogen-bond acceptors (Lipinski definition) is 2. The third kappa shape index (κ3) is 1.28. The minimum atomic E-state index is 0.221. The quantitative estimate of drug-likeness (QED) is 0.694. The molecule has 60 valence electrons. The standard InChI is InChI=1S/C8H12N2O/c11-4-3-8-5-9-6-10(8)7-1-2-7/h5-7,11H,1-4H2. The Kier molecular flexibility index (Phi) is 1.66. The van der Waals surface area contributed by atoms with Gasteiger partial charge < -0.3 is 9.67 Å². The lowest BCUT2D eigenvalue weighted by Crippen LogP contribution is -2.00. The van der Waals surface area contributed by atoms with Crippen molar-refractivity contribution in [1.82, 2.24) is 9.55 Å². The molecule has 1 saturated carbocycles. The van der Waals surface area contributed by atoms with E-state index in [-0.39, 0.29) is 6.61 Å². The zero-order valence-electron chi connectivity index (χ0n) is 6.40. The third-order valence-corrected chi connectivity index (χ3v) is 2.05. The van der Waals surface area contributed by atoms with Gasteiger partial charge in [0, 0.05) is 31.0 Å². The highest BCUT2D eigenvalue weighted by atomic mass is 16.3. The van der Waals surface area contributed by atoms with Crippen LogP contribution < -0.4 is 0 Å². The highest BCUT2D eigenvalue weighted by Gasteiger charge is 2.24. The van der Waals surface area contributed by atoms with Crippen molar-refractivity contribution < 1.29 is 5.11 Å². The van der Waals surface area contributed by atoms with E-state index in [0.717, 1.165) is 12.1 Å². The number of hydrogen-bond donors (Lipinski definition) is 1. The van der Waals surface area contributed by atoms with Gasteiger partial charge in [0.1, 0.15) is 0 Å². The van der Waals surface area contributed by atoms with Crippen molar-refractivity contribution in [3.8, 4) is 0 Å². The predicted molar refractivity (Wildman–Crippen MR) is 41.3 cm³/mol. The van der Waals surface area contributed by atoms with E-state index >= 15 is 0 Å². The third-order valence-electron chi connectivity index (χ3n) is 2.05. The maximum atomic E-state index is 8.72. The fourth-order valence-electron chi connectivity index (χ4n) is 1.32. The van der Waals surface area contributed by atoms with Crippen LogP contribution in [-0.4, -0.2) is 21.3 Å². The number of aliphatic hydroxyl groups is 1. The molecule has 1 heterocycles. The van der Waals surface area contributed by atoms with Crippen molar-refractivity contribution in [2.45, 2.75) is 25.3 Å². The molecular weight excluding hydrogens is 140 g/mol. The Bertz CT molecular complexity index is 240. The van der Waals surface area contributed by atoms with E-state index in [1.54, 1.807) is 0 Å². The Hall–Kier alpha value is -0.830. The smallest absolute Gasteiger partial charge is 0.0950 e.